The van der Waals surface area contributed by atoms with E-state index in [1.807, 2.05) is 37.3 Å². The van der Waals surface area contributed by atoms with Gasteiger partial charge in [-0.3, -0.25) is 15.6 Å². The summed E-state index contributed by atoms with van der Waals surface area (Å²) >= 11 is 5.06. The number of benzene rings is 1. The Labute approximate surface area is 130 Å². The number of nitrogens with one attached hydrogen (secondary N) is 3. The molecule has 0 aliphatic carbocycles. The fourth-order valence-corrected chi connectivity index (χ4v) is 1.51. The van der Waals surface area contributed by atoms with E-state index in [1.54, 1.807) is 19.3 Å². The maximum absolute atomic E-state index is 11.4. The summed E-state index contributed by atoms with van der Waals surface area (Å²) in [6.45, 7) is 2.43. The molecule has 0 aliphatic rings. The highest BCUT2D eigenvalue weighted by molar-refractivity contribution is 7.80. The van der Waals surface area contributed by atoms with Crippen LogP contribution >= 0.6 is 12.2 Å². The van der Waals surface area contributed by atoms with E-state index < -0.39 is 0 Å². The van der Waals surface area contributed by atoms with Crippen molar-refractivity contribution in [2.75, 3.05) is 7.11 Å². The van der Waals surface area contributed by atoms with Crippen LogP contribution < -0.4 is 20.9 Å². The van der Waals surface area contributed by atoms with Crippen molar-refractivity contribution >= 4 is 23.2 Å². The highest BCUT2D eigenvalue weighted by Crippen LogP contribution is 2.10. The normalized spacial score (nSPS) is 10.6. The molecule has 112 valence electrons. The van der Waals surface area contributed by atoms with Gasteiger partial charge in [-0.15, -0.1) is 0 Å². The maximum atomic E-state index is 11.4. The first kappa shape index (κ1) is 16.7. The zero-order valence-corrected chi connectivity index (χ0v) is 12.9. The smallest absolute Gasteiger partial charge is 0.262 e. The highest BCUT2D eigenvalue weighted by Gasteiger charge is 1.98. The molecule has 1 aromatic rings. The van der Waals surface area contributed by atoms with Gasteiger partial charge in [-0.2, -0.15) is 0 Å². The van der Waals surface area contributed by atoms with Gasteiger partial charge in [0.05, 0.1) is 7.11 Å². The molecule has 3 N–H and O–H groups in total. The Morgan fingerprint density at radius 2 is 1.95 bits per heavy atom. The van der Waals surface area contributed by atoms with E-state index in [4.69, 9.17) is 17.0 Å². The number of ether oxygens (including phenoxy) is 1. The van der Waals surface area contributed by atoms with Crippen LogP contribution in [0.15, 0.2) is 48.6 Å². The Hall–Kier alpha value is -2.34. The monoisotopic (exact) mass is 305 g/mol. The Morgan fingerprint density at radius 3 is 2.57 bits per heavy atom. The summed E-state index contributed by atoms with van der Waals surface area (Å²) in [4.78, 5) is 11.4. The van der Waals surface area contributed by atoms with Crippen LogP contribution in [0.5, 0.6) is 5.75 Å². The summed E-state index contributed by atoms with van der Waals surface area (Å²) in [5.41, 5.74) is 6.14. The number of allylic oxidation sites excluding steroid dienone is 3. The van der Waals surface area contributed by atoms with Gasteiger partial charge in [0.25, 0.3) is 5.91 Å². The number of hydrogen-bond acceptors (Lipinski definition) is 3. The number of hydrogen-bond donors (Lipinski definition) is 3. The molecule has 0 unspecified atom stereocenters. The van der Waals surface area contributed by atoms with Crippen molar-refractivity contribution in [1.29, 1.82) is 0 Å². The van der Waals surface area contributed by atoms with Crippen molar-refractivity contribution in [3.05, 3.63) is 54.1 Å². The molecule has 5 nitrogen and oxygen atoms in total. The summed E-state index contributed by atoms with van der Waals surface area (Å²) in [7, 11) is 1.62. The van der Waals surface area contributed by atoms with Gasteiger partial charge in [0.2, 0.25) is 0 Å². The number of rotatable bonds is 5. The number of carbonyl (C=O) groups excluding carboxylic acids is 1. The van der Waals surface area contributed by atoms with E-state index in [9.17, 15) is 4.79 Å². The predicted molar refractivity (Wildman–Crippen MR) is 87.7 cm³/mol. The molecular weight excluding hydrogens is 286 g/mol. The summed E-state index contributed by atoms with van der Waals surface area (Å²) in [6.07, 6.45) is 6.64. The third-order valence-electron chi connectivity index (χ3n) is 2.46. The minimum absolute atomic E-state index is 0.276. The van der Waals surface area contributed by atoms with E-state index in [0.29, 0.717) is 11.7 Å². The number of methoxy groups -OCH3 is 1. The van der Waals surface area contributed by atoms with E-state index in [-0.39, 0.29) is 5.91 Å². The summed E-state index contributed by atoms with van der Waals surface area (Å²) < 4.78 is 5.08. The molecule has 21 heavy (non-hydrogen) atoms. The number of carbonyl (C=O) groups is 1. The summed E-state index contributed by atoms with van der Waals surface area (Å²) in [6, 6.07) is 7.63. The first-order valence-corrected chi connectivity index (χ1v) is 6.82. The standard InChI is InChI=1S/C15H19N3O2S/c1-3-4-5-6-14(19)17-18-15(21)16-11-12-7-9-13(20-2)10-8-12/h3-10H,11H2,1-2H3,(H,17,19)(H2,16,18,21)/b4-3+,6-5+. The highest BCUT2D eigenvalue weighted by atomic mass is 32.1. The molecule has 0 atom stereocenters. The number of hydrazine groups is 1. The molecule has 1 amide bonds. The van der Waals surface area contributed by atoms with Gasteiger partial charge in [0.1, 0.15) is 5.75 Å². The topological polar surface area (TPSA) is 62.4 Å². The molecule has 0 radical (unpaired) electrons. The van der Waals surface area contributed by atoms with Gasteiger partial charge in [0, 0.05) is 12.6 Å². The lowest BCUT2D eigenvalue weighted by atomic mass is 10.2. The SMILES string of the molecule is C/C=C/C=C/C(=O)NNC(=S)NCc1ccc(OC)cc1. The third kappa shape index (κ3) is 7.12. The van der Waals surface area contributed by atoms with E-state index in [2.05, 4.69) is 16.2 Å². The van der Waals surface area contributed by atoms with Crippen LogP contribution in [0.1, 0.15) is 12.5 Å². The van der Waals surface area contributed by atoms with Gasteiger partial charge in [-0.05, 0) is 36.8 Å². The zero-order valence-electron chi connectivity index (χ0n) is 12.1. The van der Waals surface area contributed by atoms with Crippen LogP contribution in [0.25, 0.3) is 0 Å². The van der Waals surface area contributed by atoms with Gasteiger partial charge in [0.15, 0.2) is 5.11 Å². The van der Waals surface area contributed by atoms with Gasteiger partial charge < -0.3 is 10.1 Å². The van der Waals surface area contributed by atoms with Crippen molar-refractivity contribution in [1.82, 2.24) is 16.2 Å². The second kappa shape index (κ2) is 9.55. The Kier molecular flexibility index (Phi) is 7.60. The summed E-state index contributed by atoms with van der Waals surface area (Å²) in [5.74, 6) is 0.529. The lowest BCUT2D eigenvalue weighted by molar-refractivity contribution is -0.117. The van der Waals surface area contributed by atoms with Crippen molar-refractivity contribution in [2.45, 2.75) is 13.5 Å². The van der Waals surface area contributed by atoms with Crippen molar-refractivity contribution in [3.8, 4) is 5.75 Å². The van der Waals surface area contributed by atoms with E-state index >= 15 is 0 Å². The molecule has 0 fully saturated rings. The zero-order chi connectivity index (χ0) is 15.5. The molecule has 0 bridgehead atoms. The van der Waals surface area contributed by atoms with Crippen LogP contribution in [0, 0.1) is 0 Å². The maximum Gasteiger partial charge on any atom is 0.262 e. The fourth-order valence-electron chi connectivity index (χ4n) is 1.38. The molecule has 0 heterocycles. The fraction of sp³-hybridized carbons (Fsp3) is 0.200. The minimum Gasteiger partial charge on any atom is -0.497 e. The van der Waals surface area contributed by atoms with Gasteiger partial charge in [-0.25, -0.2) is 0 Å². The first-order valence-electron chi connectivity index (χ1n) is 6.42. The van der Waals surface area contributed by atoms with Crippen molar-refractivity contribution in [2.24, 2.45) is 0 Å². The van der Waals surface area contributed by atoms with Crippen molar-refractivity contribution in [3.63, 3.8) is 0 Å². The van der Waals surface area contributed by atoms with Crippen LogP contribution in [-0.2, 0) is 11.3 Å². The third-order valence-corrected chi connectivity index (χ3v) is 2.71. The van der Waals surface area contributed by atoms with Gasteiger partial charge >= 0.3 is 0 Å². The van der Waals surface area contributed by atoms with Gasteiger partial charge in [-0.1, -0.05) is 30.4 Å². The average molecular weight is 305 g/mol. The van der Waals surface area contributed by atoms with Crippen LogP contribution in [0.3, 0.4) is 0 Å². The first-order chi connectivity index (χ1) is 10.2. The molecule has 0 saturated carbocycles. The minimum atomic E-state index is -0.276. The van der Waals surface area contributed by atoms with Crippen LogP contribution in [0.2, 0.25) is 0 Å². The number of thiocarbonyl (C=S) groups is 1. The van der Waals surface area contributed by atoms with Crippen molar-refractivity contribution < 1.29 is 9.53 Å². The molecule has 0 spiro atoms. The second-order valence-electron chi connectivity index (χ2n) is 4.03. The molecule has 1 rings (SSSR count). The molecule has 0 aromatic heterocycles. The Morgan fingerprint density at radius 1 is 1.24 bits per heavy atom. The molecule has 6 heteroatoms. The average Bonchev–Trinajstić information content (AvgIpc) is 2.51. The molecule has 1 aromatic carbocycles. The lowest BCUT2D eigenvalue weighted by Crippen LogP contribution is -2.45. The lowest BCUT2D eigenvalue weighted by Gasteiger charge is -2.10. The second-order valence-corrected chi connectivity index (χ2v) is 4.44. The van der Waals surface area contributed by atoms with E-state index in [0.717, 1.165) is 11.3 Å². The largest absolute Gasteiger partial charge is 0.497 e. The molecule has 0 aliphatic heterocycles. The predicted octanol–water partition coefficient (Wildman–Crippen LogP) is 1.82. The quantitative estimate of drug-likeness (QED) is 0.335. The molecular formula is C15H19N3O2S. The Bertz CT molecular complexity index is 524. The van der Waals surface area contributed by atoms with E-state index in [1.165, 1.54) is 6.08 Å². The number of amides is 1. The van der Waals surface area contributed by atoms with Crippen LogP contribution in [0.4, 0.5) is 0 Å². The summed E-state index contributed by atoms with van der Waals surface area (Å²) in [5, 5.41) is 3.33. The molecule has 0 saturated heterocycles. The Balaban J connectivity index is 2.28. The van der Waals surface area contributed by atoms with Crippen LogP contribution in [-0.4, -0.2) is 18.1 Å².